The quantitative estimate of drug-likeness (QED) is 0.518. The fraction of sp³-hybridized carbons (Fsp3) is 0.600. The van der Waals surface area contributed by atoms with Gasteiger partial charge in [-0.25, -0.2) is 0 Å². The summed E-state index contributed by atoms with van der Waals surface area (Å²) in [6.45, 7) is 8.03. The molecule has 0 aliphatic carbocycles. The minimum Gasteiger partial charge on any atom is -0.380 e. The predicted molar refractivity (Wildman–Crippen MR) is 80.5 cm³/mol. The molecule has 0 heterocycles. The second-order valence-corrected chi connectivity index (χ2v) is 5.55. The Labute approximate surface area is 116 Å². The molecule has 2 nitrogen and oxygen atoms in total. The van der Waals surface area contributed by atoms with Crippen LogP contribution in [-0.4, -0.2) is 32.1 Å². The first-order valence-corrected chi connectivity index (χ1v) is 7.79. The maximum Gasteiger partial charge on any atom is 0.0590 e. The van der Waals surface area contributed by atoms with Crippen molar-refractivity contribution in [3.8, 4) is 0 Å². The SMILES string of the molecule is CCCCOCCNCCSc1ccc(C)cc1. The zero-order chi connectivity index (χ0) is 13.1. The summed E-state index contributed by atoms with van der Waals surface area (Å²) in [6.07, 6.45) is 2.38. The van der Waals surface area contributed by atoms with Crippen LogP contribution in [0.25, 0.3) is 0 Å². The lowest BCUT2D eigenvalue weighted by Crippen LogP contribution is -2.22. The molecule has 0 atom stereocenters. The first-order valence-electron chi connectivity index (χ1n) is 6.81. The largest absolute Gasteiger partial charge is 0.380 e. The molecule has 0 fully saturated rings. The van der Waals surface area contributed by atoms with Gasteiger partial charge in [-0.15, -0.1) is 11.8 Å². The zero-order valence-electron chi connectivity index (χ0n) is 11.6. The van der Waals surface area contributed by atoms with Crippen molar-refractivity contribution in [2.24, 2.45) is 0 Å². The van der Waals surface area contributed by atoms with E-state index in [1.54, 1.807) is 0 Å². The maximum absolute atomic E-state index is 5.48. The lowest BCUT2D eigenvalue weighted by molar-refractivity contribution is 0.133. The molecular weight excluding hydrogens is 242 g/mol. The van der Waals surface area contributed by atoms with Crippen molar-refractivity contribution in [3.63, 3.8) is 0 Å². The molecule has 1 N–H and O–H groups in total. The first kappa shape index (κ1) is 15.5. The highest BCUT2D eigenvalue weighted by Gasteiger charge is 1.94. The molecule has 0 aliphatic rings. The fourth-order valence-corrected chi connectivity index (χ4v) is 2.30. The number of ether oxygens (including phenoxy) is 1. The van der Waals surface area contributed by atoms with E-state index in [1.165, 1.54) is 23.3 Å². The summed E-state index contributed by atoms with van der Waals surface area (Å²) in [7, 11) is 0. The molecule has 0 radical (unpaired) electrons. The van der Waals surface area contributed by atoms with Gasteiger partial charge in [-0.1, -0.05) is 31.0 Å². The molecular formula is C15H25NOS. The van der Waals surface area contributed by atoms with Gasteiger partial charge in [0, 0.05) is 30.3 Å². The molecule has 0 amide bonds. The van der Waals surface area contributed by atoms with E-state index in [4.69, 9.17) is 4.74 Å². The number of nitrogens with one attached hydrogen (secondary N) is 1. The molecule has 0 saturated heterocycles. The maximum atomic E-state index is 5.48. The number of hydrogen-bond donors (Lipinski definition) is 1. The van der Waals surface area contributed by atoms with Crippen LogP contribution >= 0.6 is 11.8 Å². The van der Waals surface area contributed by atoms with Gasteiger partial charge in [-0.3, -0.25) is 0 Å². The van der Waals surface area contributed by atoms with E-state index >= 15 is 0 Å². The molecule has 0 aliphatic heterocycles. The van der Waals surface area contributed by atoms with Crippen LogP contribution in [0.15, 0.2) is 29.2 Å². The van der Waals surface area contributed by atoms with Crippen molar-refractivity contribution < 1.29 is 4.74 Å². The average molecular weight is 267 g/mol. The highest BCUT2D eigenvalue weighted by molar-refractivity contribution is 7.99. The van der Waals surface area contributed by atoms with Crippen LogP contribution in [0, 0.1) is 6.92 Å². The molecule has 102 valence electrons. The number of thioether (sulfide) groups is 1. The fourth-order valence-electron chi connectivity index (χ4n) is 1.49. The summed E-state index contributed by atoms with van der Waals surface area (Å²) in [6, 6.07) is 8.70. The minimum atomic E-state index is 0.829. The van der Waals surface area contributed by atoms with Crippen molar-refractivity contribution in [2.45, 2.75) is 31.6 Å². The average Bonchev–Trinajstić information content (AvgIpc) is 2.39. The molecule has 18 heavy (non-hydrogen) atoms. The molecule has 1 rings (SSSR count). The van der Waals surface area contributed by atoms with Gasteiger partial charge in [0.25, 0.3) is 0 Å². The summed E-state index contributed by atoms with van der Waals surface area (Å²) in [5.74, 6) is 1.11. The Morgan fingerprint density at radius 3 is 2.61 bits per heavy atom. The lowest BCUT2D eigenvalue weighted by atomic mass is 10.2. The van der Waals surface area contributed by atoms with Crippen LogP contribution in [0.2, 0.25) is 0 Å². The van der Waals surface area contributed by atoms with Gasteiger partial charge in [0.1, 0.15) is 0 Å². The van der Waals surface area contributed by atoms with Crippen LogP contribution in [-0.2, 0) is 4.74 Å². The summed E-state index contributed by atoms with van der Waals surface area (Å²) < 4.78 is 5.48. The predicted octanol–water partition coefficient (Wildman–Crippen LogP) is 3.49. The van der Waals surface area contributed by atoms with E-state index in [9.17, 15) is 0 Å². The number of rotatable bonds is 10. The standard InChI is InChI=1S/C15H25NOS/c1-3-4-11-17-12-9-16-10-13-18-15-7-5-14(2)6-8-15/h5-8,16H,3-4,9-13H2,1-2H3. The number of unbranched alkanes of at least 4 members (excludes halogenated alkanes) is 1. The summed E-state index contributed by atoms with van der Waals surface area (Å²) in [4.78, 5) is 1.35. The van der Waals surface area contributed by atoms with Crippen molar-refractivity contribution in [2.75, 3.05) is 32.1 Å². The van der Waals surface area contributed by atoms with Crippen LogP contribution in [0.3, 0.4) is 0 Å². The van der Waals surface area contributed by atoms with Crippen molar-refractivity contribution in [1.82, 2.24) is 5.32 Å². The molecule has 1 aromatic carbocycles. The van der Waals surface area contributed by atoms with Gasteiger partial charge >= 0.3 is 0 Å². The first-order chi connectivity index (χ1) is 8.83. The van der Waals surface area contributed by atoms with Gasteiger partial charge in [0.15, 0.2) is 0 Å². The Hall–Kier alpha value is -0.510. The second kappa shape index (κ2) is 10.4. The number of hydrogen-bond acceptors (Lipinski definition) is 3. The molecule has 1 aromatic rings. The third-order valence-electron chi connectivity index (χ3n) is 2.63. The third-order valence-corrected chi connectivity index (χ3v) is 3.65. The summed E-state index contributed by atoms with van der Waals surface area (Å²) in [5, 5.41) is 3.40. The number of benzene rings is 1. The van der Waals surface area contributed by atoms with E-state index in [1.807, 2.05) is 11.8 Å². The van der Waals surface area contributed by atoms with E-state index < -0.39 is 0 Å². The smallest absolute Gasteiger partial charge is 0.0590 e. The molecule has 0 bridgehead atoms. The topological polar surface area (TPSA) is 21.3 Å². The van der Waals surface area contributed by atoms with Crippen LogP contribution in [0.5, 0.6) is 0 Å². The minimum absolute atomic E-state index is 0.829. The molecule has 0 spiro atoms. The van der Waals surface area contributed by atoms with E-state index in [2.05, 4.69) is 43.4 Å². The zero-order valence-corrected chi connectivity index (χ0v) is 12.4. The van der Waals surface area contributed by atoms with E-state index in [0.29, 0.717) is 0 Å². The van der Waals surface area contributed by atoms with Crippen molar-refractivity contribution in [3.05, 3.63) is 29.8 Å². The monoisotopic (exact) mass is 267 g/mol. The molecule has 0 unspecified atom stereocenters. The normalized spacial score (nSPS) is 10.8. The summed E-state index contributed by atoms with van der Waals surface area (Å²) >= 11 is 1.90. The molecule has 0 aromatic heterocycles. The van der Waals surface area contributed by atoms with Gasteiger partial charge in [0.2, 0.25) is 0 Å². The van der Waals surface area contributed by atoms with Gasteiger partial charge in [-0.05, 0) is 25.5 Å². The second-order valence-electron chi connectivity index (χ2n) is 4.38. The third kappa shape index (κ3) is 7.75. The van der Waals surface area contributed by atoms with Crippen LogP contribution in [0.4, 0.5) is 0 Å². The van der Waals surface area contributed by atoms with Crippen LogP contribution in [0.1, 0.15) is 25.3 Å². The Balaban J connectivity index is 1.91. The van der Waals surface area contributed by atoms with Gasteiger partial charge in [-0.2, -0.15) is 0 Å². The lowest BCUT2D eigenvalue weighted by Gasteiger charge is -2.06. The highest BCUT2D eigenvalue weighted by atomic mass is 32.2. The Morgan fingerprint density at radius 2 is 1.89 bits per heavy atom. The van der Waals surface area contributed by atoms with E-state index in [-0.39, 0.29) is 0 Å². The molecule has 0 saturated carbocycles. The highest BCUT2D eigenvalue weighted by Crippen LogP contribution is 2.17. The van der Waals surface area contributed by atoms with Crippen LogP contribution < -0.4 is 5.32 Å². The van der Waals surface area contributed by atoms with Gasteiger partial charge in [0.05, 0.1) is 6.61 Å². The summed E-state index contributed by atoms with van der Waals surface area (Å²) in [5.41, 5.74) is 1.32. The Morgan fingerprint density at radius 1 is 1.11 bits per heavy atom. The number of aryl methyl sites for hydroxylation is 1. The van der Waals surface area contributed by atoms with Crippen molar-refractivity contribution in [1.29, 1.82) is 0 Å². The van der Waals surface area contributed by atoms with E-state index in [0.717, 1.165) is 32.1 Å². The van der Waals surface area contributed by atoms with Crippen molar-refractivity contribution >= 4 is 11.8 Å². The molecule has 3 heteroatoms. The Kier molecular flexibility index (Phi) is 9.00. The Bertz CT molecular complexity index is 300. The van der Waals surface area contributed by atoms with Gasteiger partial charge < -0.3 is 10.1 Å².